The highest BCUT2D eigenvalue weighted by molar-refractivity contribution is 7.90. The van der Waals surface area contributed by atoms with Crippen molar-refractivity contribution < 1.29 is 35.6 Å². The minimum absolute atomic E-state index is 0.0234. The second kappa shape index (κ2) is 16.8. The molecule has 2 amide bonds. The molecule has 1 heterocycles. The molecule has 0 saturated carbocycles. The third-order valence-electron chi connectivity index (χ3n) is 9.02. The number of nitriles is 1. The van der Waals surface area contributed by atoms with Gasteiger partial charge in [0.05, 0.1) is 32.4 Å². The fraction of sp³-hybridized carbons (Fsp3) is 0.143. The summed E-state index contributed by atoms with van der Waals surface area (Å²) in [5, 5.41) is 17.5. The molecule has 0 aliphatic carbocycles. The standard InChI is InChI=1S/C42H32ClF4N5O4S/c1-2-3-16-36-32(38(25-48)52(50-36)37-24-29(20-21-33(37)42(45,46)47)49-40(53)26-11-5-4-6-12-26)22-28-19-18-27(23-35(28)44)30-13-8-10-17-39(30)57(55,56)51-41(54)31-14-7-9-15-34(31)43/h4-15,17-21,23-24H,2-3,16,22H2,1H3,(H,49,53)(H,51,54). The lowest BCUT2D eigenvalue weighted by molar-refractivity contribution is -0.137. The molecule has 1 aromatic heterocycles. The number of aryl methyl sites for hydroxylation is 1. The van der Waals surface area contributed by atoms with Gasteiger partial charge < -0.3 is 5.32 Å². The second-order valence-corrected chi connectivity index (χ2v) is 14.9. The minimum atomic E-state index is -4.87. The van der Waals surface area contributed by atoms with Crippen molar-refractivity contribution in [2.24, 2.45) is 0 Å². The van der Waals surface area contributed by atoms with Crippen molar-refractivity contribution in [1.29, 1.82) is 5.26 Å². The molecule has 290 valence electrons. The predicted octanol–water partition coefficient (Wildman–Crippen LogP) is 9.53. The zero-order chi connectivity index (χ0) is 40.9. The number of hydrogen-bond donors (Lipinski definition) is 2. The first-order valence-corrected chi connectivity index (χ1v) is 19.4. The molecule has 6 rings (SSSR count). The number of sulfonamides is 1. The van der Waals surface area contributed by atoms with Crippen molar-refractivity contribution >= 4 is 39.1 Å². The number of carbonyl (C=O) groups is 2. The predicted molar refractivity (Wildman–Crippen MR) is 207 cm³/mol. The molecule has 2 N–H and O–H groups in total. The first-order valence-electron chi connectivity index (χ1n) is 17.5. The Balaban J connectivity index is 1.37. The van der Waals surface area contributed by atoms with Gasteiger partial charge in [-0.3, -0.25) is 9.59 Å². The summed E-state index contributed by atoms with van der Waals surface area (Å²) in [6, 6.07) is 28.6. The molecular formula is C42H32ClF4N5O4S. The lowest BCUT2D eigenvalue weighted by Crippen LogP contribution is -2.31. The van der Waals surface area contributed by atoms with Crippen molar-refractivity contribution in [3.63, 3.8) is 0 Å². The molecular weight excluding hydrogens is 782 g/mol. The summed E-state index contributed by atoms with van der Waals surface area (Å²) in [6.45, 7) is 1.90. The highest BCUT2D eigenvalue weighted by Crippen LogP contribution is 2.37. The third kappa shape index (κ3) is 8.90. The van der Waals surface area contributed by atoms with Gasteiger partial charge in [-0.1, -0.05) is 85.6 Å². The van der Waals surface area contributed by atoms with Gasteiger partial charge in [-0.15, -0.1) is 0 Å². The maximum atomic E-state index is 16.1. The molecule has 0 aliphatic rings. The first-order chi connectivity index (χ1) is 27.2. The van der Waals surface area contributed by atoms with Gasteiger partial charge in [0.1, 0.15) is 17.6 Å². The molecule has 9 nitrogen and oxygen atoms in total. The van der Waals surface area contributed by atoms with Gasteiger partial charge in [-0.25, -0.2) is 22.2 Å². The first kappa shape index (κ1) is 40.4. The van der Waals surface area contributed by atoms with E-state index in [1.165, 1.54) is 48.5 Å². The summed E-state index contributed by atoms with van der Waals surface area (Å²) < 4.78 is 89.2. The number of halogens is 5. The molecule has 0 unspecified atom stereocenters. The van der Waals surface area contributed by atoms with Gasteiger partial charge in [0.2, 0.25) is 0 Å². The maximum absolute atomic E-state index is 16.1. The number of carbonyl (C=O) groups excluding carboxylic acids is 2. The van der Waals surface area contributed by atoms with Crippen molar-refractivity contribution in [2.45, 2.75) is 43.7 Å². The second-order valence-electron chi connectivity index (χ2n) is 12.8. The number of amides is 2. The summed E-state index contributed by atoms with van der Waals surface area (Å²) >= 11 is 6.09. The highest BCUT2D eigenvalue weighted by Gasteiger charge is 2.36. The highest BCUT2D eigenvalue weighted by atomic mass is 35.5. The van der Waals surface area contributed by atoms with E-state index in [0.29, 0.717) is 12.8 Å². The Morgan fingerprint density at radius 2 is 1.60 bits per heavy atom. The number of benzene rings is 5. The average molecular weight is 814 g/mol. The summed E-state index contributed by atoms with van der Waals surface area (Å²) in [5.74, 6) is -2.32. The van der Waals surface area contributed by atoms with Crippen molar-refractivity contribution in [3.05, 3.63) is 165 Å². The van der Waals surface area contributed by atoms with Gasteiger partial charge in [0.25, 0.3) is 21.8 Å². The van der Waals surface area contributed by atoms with Crippen LogP contribution in [0.2, 0.25) is 5.02 Å². The van der Waals surface area contributed by atoms with Gasteiger partial charge in [-0.2, -0.15) is 23.5 Å². The number of rotatable bonds is 12. The van der Waals surface area contributed by atoms with E-state index in [2.05, 4.69) is 10.4 Å². The zero-order valence-corrected chi connectivity index (χ0v) is 31.6. The van der Waals surface area contributed by atoms with Crippen LogP contribution in [0, 0.1) is 17.1 Å². The van der Waals surface area contributed by atoms with E-state index >= 15 is 4.39 Å². The number of aromatic nitrogens is 2. The Hall–Kier alpha value is -6.30. The number of nitrogens with zero attached hydrogens (tertiary/aromatic N) is 3. The van der Waals surface area contributed by atoms with Crippen LogP contribution in [-0.2, 0) is 29.0 Å². The Labute approximate surface area is 330 Å². The van der Waals surface area contributed by atoms with E-state index in [0.717, 1.165) is 28.9 Å². The molecule has 0 fully saturated rings. The van der Waals surface area contributed by atoms with E-state index in [1.807, 2.05) is 17.7 Å². The zero-order valence-electron chi connectivity index (χ0n) is 30.1. The molecule has 15 heteroatoms. The maximum Gasteiger partial charge on any atom is 0.418 e. The van der Waals surface area contributed by atoms with Crippen LogP contribution >= 0.6 is 11.6 Å². The third-order valence-corrected chi connectivity index (χ3v) is 10.7. The van der Waals surface area contributed by atoms with Gasteiger partial charge in [-0.05, 0) is 78.6 Å². The van der Waals surface area contributed by atoms with Crippen LogP contribution in [0.4, 0.5) is 23.2 Å². The number of anilines is 1. The molecule has 0 aliphatic heterocycles. The topological polar surface area (TPSA) is 134 Å². The van der Waals surface area contributed by atoms with E-state index in [4.69, 9.17) is 11.6 Å². The Morgan fingerprint density at radius 1 is 0.895 bits per heavy atom. The molecule has 0 bridgehead atoms. The lowest BCUT2D eigenvalue weighted by Gasteiger charge is -2.16. The van der Waals surface area contributed by atoms with Gasteiger partial charge in [0, 0.05) is 28.8 Å². The fourth-order valence-electron chi connectivity index (χ4n) is 6.20. The molecule has 0 radical (unpaired) electrons. The van der Waals surface area contributed by atoms with E-state index in [1.54, 1.807) is 42.5 Å². The van der Waals surface area contributed by atoms with Crippen LogP contribution in [0.3, 0.4) is 0 Å². The van der Waals surface area contributed by atoms with E-state index < -0.39 is 45.1 Å². The number of nitrogens with one attached hydrogen (secondary N) is 2. The minimum Gasteiger partial charge on any atom is -0.322 e. The van der Waals surface area contributed by atoms with Crippen LogP contribution in [0.5, 0.6) is 0 Å². The molecule has 0 spiro atoms. The molecule has 57 heavy (non-hydrogen) atoms. The van der Waals surface area contributed by atoms with E-state index in [-0.39, 0.29) is 73.2 Å². The summed E-state index contributed by atoms with van der Waals surface area (Å²) in [5.41, 5.74) is -0.871. The van der Waals surface area contributed by atoms with Gasteiger partial charge >= 0.3 is 6.18 Å². The van der Waals surface area contributed by atoms with Crippen molar-refractivity contribution in [3.8, 4) is 22.9 Å². The summed E-state index contributed by atoms with van der Waals surface area (Å²) in [4.78, 5) is 25.4. The average Bonchev–Trinajstić information content (AvgIpc) is 3.54. The fourth-order valence-corrected chi connectivity index (χ4v) is 7.62. The van der Waals surface area contributed by atoms with Crippen molar-refractivity contribution in [2.75, 3.05) is 5.32 Å². The Morgan fingerprint density at radius 3 is 2.28 bits per heavy atom. The summed E-state index contributed by atoms with van der Waals surface area (Å²) in [7, 11) is -4.49. The van der Waals surface area contributed by atoms with Crippen LogP contribution in [0.15, 0.2) is 120 Å². The SMILES string of the molecule is CCCCc1nn(-c2cc(NC(=O)c3ccccc3)ccc2C(F)(F)F)c(C#N)c1Cc1ccc(-c2ccccc2S(=O)(=O)NC(=O)c2ccccc2Cl)cc1F. The molecule has 5 aromatic carbocycles. The normalized spacial score (nSPS) is 11.5. The van der Waals surface area contributed by atoms with E-state index in [9.17, 15) is 36.4 Å². The van der Waals surface area contributed by atoms with Crippen LogP contribution in [0.1, 0.15) is 68.6 Å². The Kier molecular flexibility index (Phi) is 11.9. The van der Waals surface area contributed by atoms with Crippen molar-refractivity contribution in [1.82, 2.24) is 14.5 Å². The molecule has 0 saturated heterocycles. The Bertz CT molecular complexity index is 2640. The van der Waals surface area contributed by atoms with Crippen LogP contribution in [0.25, 0.3) is 16.8 Å². The van der Waals surface area contributed by atoms with Crippen LogP contribution < -0.4 is 10.0 Å². The van der Waals surface area contributed by atoms with Crippen LogP contribution in [-0.4, -0.2) is 30.0 Å². The number of hydrogen-bond acceptors (Lipinski definition) is 6. The largest absolute Gasteiger partial charge is 0.418 e. The quantitative estimate of drug-likeness (QED) is 0.118. The number of alkyl halides is 3. The van der Waals surface area contributed by atoms with Gasteiger partial charge in [0.15, 0.2) is 0 Å². The number of unbranched alkanes of at least 4 members (excludes halogenated alkanes) is 1. The smallest absolute Gasteiger partial charge is 0.322 e. The summed E-state index contributed by atoms with van der Waals surface area (Å²) in [6.07, 6.45) is -3.60. The molecule has 0 atom stereocenters. The molecule has 6 aromatic rings. The monoisotopic (exact) mass is 813 g/mol. The lowest BCUT2D eigenvalue weighted by atomic mass is 9.97.